The molecule has 1 saturated carbocycles. The fourth-order valence-corrected chi connectivity index (χ4v) is 2.74. The monoisotopic (exact) mass is 296 g/mol. The van der Waals surface area contributed by atoms with Crippen molar-refractivity contribution in [3.05, 3.63) is 42.1 Å². The number of aromatic nitrogens is 2. The van der Waals surface area contributed by atoms with Crippen LogP contribution in [0, 0.1) is 5.92 Å². The molecule has 114 valence electrons. The Balaban J connectivity index is 1.58. The summed E-state index contributed by atoms with van der Waals surface area (Å²) in [7, 11) is 0. The van der Waals surface area contributed by atoms with Crippen molar-refractivity contribution in [3.63, 3.8) is 0 Å². The van der Waals surface area contributed by atoms with Gasteiger partial charge in [-0.15, -0.1) is 0 Å². The largest absolute Gasteiger partial charge is 0.289 e. The van der Waals surface area contributed by atoms with E-state index in [1.807, 2.05) is 36.5 Å². The molecule has 1 aliphatic carbocycles. The second-order valence-electron chi connectivity index (χ2n) is 5.65. The third kappa shape index (κ3) is 3.61. The van der Waals surface area contributed by atoms with Gasteiger partial charge in [0, 0.05) is 11.8 Å². The van der Waals surface area contributed by atoms with Gasteiger partial charge in [-0.05, 0) is 24.8 Å². The maximum atomic E-state index is 12.0. The van der Waals surface area contributed by atoms with Crippen molar-refractivity contribution in [2.75, 3.05) is 0 Å². The van der Waals surface area contributed by atoms with E-state index in [2.05, 4.69) is 20.7 Å². The SMILES string of the molecule is O=C(N/N=C/C1CCCCC1)c1cc(-c2ccccc2)n[nH]1. The average molecular weight is 296 g/mol. The van der Waals surface area contributed by atoms with Gasteiger partial charge in [-0.2, -0.15) is 10.2 Å². The lowest BCUT2D eigenvalue weighted by Crippen LogP contribution is -2.19. The van der Waals surface area contributed by atoms with E-state index in [0.717, 1.165) is 11.3 Å². The number of hydrogen-bond acceptors (Lipinski definition) is 3. The number of aromatic amines is 1. The molecule has 5 heteroatoms. The van der Waals surface area contributed by atoms with E-state index in [1.54, 1.807) is 6.07 Å². The summed E-state index contributed by atoms with van der Waals surface area (Å²) >= 11 is 0. The zero-order valence-electron chi connectivity index (χ0n) is 12.5. The van der Waals surface area contributed by atoms with Crippen LogP contribution in [0.2, 0.25) is 0 Å². The van der Waals surface area contributed by atoms with Crippen LogP contribution in [-0.2, 0) is 0 Å². The van der Waals surface area contributed by atoms with Crippen molar-refractivity contribution in [3.8, 4) is 11.3 Å². The molecule has 0 aliphatic heterocycles. The molecule has 0 atom stereocenters. The molecule has 1 aromatic heterocycles. The first-order valence-electron chi connectivity index (χ1n) is 7.77. The van der Waals surface area contributed by atoms with Crippen molar-refractivity contribution < 1.29 is 4.79 Å². The summed E-state index contributed by atoms with van der Waals surface area (Å²) in [5.74, 6) is 0.234. The molecule has 0 bridgehead atoms. The molecule has 1 heterocycles. The van der Waals surface area contributed by atoms with Gasteiger partial charge < -0.3 is 0 Å². The summed E-state index contributed by atoms with van der Waals surface area (Å²) in [6.45, 7) is 0. The first kappa shape index (κ1) is 14.5. The van der Waals surface area contributed by atoms with Crippen LogP contribution in [0.5, 0.6) is 0 Å². The molecule has 3 rings (SSSR count). The number of nitrogens with one attached hydrogen (secondary N) is 2. The number of rotatable bonds is 4. The van der Waals surface area contributed by atoms with Crippen LogP contribution in [0.15, 0.2) is 41.5 Å². The van der Waals surface area contributed by atoms with Gasteiger partial charge in [-0.3, -0.25) is 9.89 Å². The molecule has 1 aromatic carbocycles. The van der Waals surface area contributed by atoms with Gasteiger partial charge in [-0.25, -0.2) is 5.43 Å². The summed E-state index contributed by atoms with van der Waals surface area (Å²) in [5.41, 5.74) is 4.71. The van der Waals surface area contributed by atoms with Gasteiger partial charge >= 0.3 is 0 Å². The zero-order chi connectivity index (χ0) is 15.2. The zero-order valence-corrected chi connectivity index (χ0v) is 12.5. The Hall–Kier alpha value is -2.43. The standard InChI is InChI=1S/C17H20N4O/c22-17(21-18-12-13-7-3-1-4-8-13)16-11-15(19-20-16)14-9-5-2-6-10-14/h2,5-6,9-13H,1,3-4,7-8H2,(H,19,20)(H,21,22)/b18-12+. The van der Waals surface area contributed by atoms with Crippen LogP contribution < -0.4 is 5.43 Å². The number of hydrazone groups is 1. The molecule has 22 heavy (non-hydrogen) atoms. The smallest absolute Gasteiger partial charge is 0.272 e. The number of benzene rings is 1. The molecule has 0 radical (unpaired) electrons. The Morgan fingerprint density at radius 2 is 2.00 bits per heavy atom. The second-order valence-corrected chi connectivity index (χ2v) is 5.65. The van der Waals surface area contributed by atoms with Crippen LogP contribution in [0.25, 0.3) is 11.3 Å². The number of carbonyl (C=O) groups is 1. The second kappa shape index (κ2) is 7.02. The molecule has 0 saturated heterocycles. The fraction of sp³-hybridized carbons (Fsp3) is 0.353. The number of nitrogens with zero attached hydrogens (tertiary/aromatic N) is 2. The fourth-order valence-electron chi connectivity index (χ4n) is 2.74. The molecule has 5 nitrogen and oxygen atoms in total. The Morgan fingerprint density at radius 3 is 2.77 bits per heavy atom. The van der Waals surface area contributed by atoms with Crippen molar-refractivity contribution in [2.45, 2.75) is 32.1 Å². The van der Waals surface area contributed by atoms with E-state index in [1.165, 1.54) is 32.1 Å². The molecular formula is C17H20N4O. The van der Waals surface area contributed by atoms with E-state index in [-0.39, 0.29) is 5.91 Å². The highest BCUT2D eigenvalue weighted by Crippen LogP contribution is 2.21. The highest BCUT2D eigenvalue weighted by Gasteiger charge is 2.12. The number of amides is 1. The van der Waals surface area contributed by atoms with Gasteiger partial charge in [0.15, 0.2) is 0 Å². The minimum Gasteiger partial charge on any atom is -0.272 e. The molecule has 1 aliphatic rings. The van der Waals surface area contributed by atoms with Gasteiger partial charge in [0.25, 0.3) is 5.91 Å². The van der Waals surface area contributed by atoms with Crippen molar-refractivity contribution >= 4 is 12.1 Å². The molecule has 2 aromatic rings. The highest BCUT2D eigenvalue weighted by molar-refractivity contribution is 5.93. The average Bonchev–Trinajstić information content (AvgIpc) is 3.07. The Morgan fingerprint density at radius 1 is 1.23 bits per heavy atom. The molecule has 1 fully saturated rings. The normalized spacial score (nSPS) is 16.0. The van der Waals surface area contributed by atoms with Crippen molar-refractivity contribution in [1.29, 1.82) is 0 Å². The Bertz CT molecular complexity index is 642. The number of H-pyrrole nitrogens is 1. The van der Waals surface area contributed by atoms with Gasteiger partial charge in [0.2, 0.25) is 0 Å². The van der Waals surface area contributed by atoms with Gasteiger partial charge in [-0.1, -0.05) is 49.6 Å². The van der Waals surface area contributed by atoms with Crippen LogP contribution in [0.1, 0.15) is 42.6 Å². The topological polar surface area (TPSA) is 70.1 Å². The summed E-state index contributed by atoms with van der Waals surface area (Å²) in [4.78, 5) is 12.0. The molecule has 2 N–H and O–H groups in total. The first-order chi connectivity index (χ1) is 10.8. The van der Waals surface area contributed by atoms with Crippen LogP contribution in [0.4, 0.5) is 0 Å². The molecule has 1 amide bonds. The van der Waals surface area contributed by atoms with Crippen LogP contribution in [0.3, 0.4) is 0 Å². The third-order valence-corrected chi connectivity index (χ3v) is 3.99. The lowest BCUT2D eigenvalue weighted by molar-refractivity contribution is 0.0950. The first-order valence-corrected chi connectivity index (χ1v) is 7.77. The quantitative estimate of drug-likeness (QED) is 0.671. The summed E-state index contributed by atoms with van der Waals surface area (Å²) in [6.07, 6.45) is 8.03. The lowest BCUT2D eigenvalue weighted by atomic mass is 9.90. The number of hydrogen-bond donors (Lipinski definition) is 2. The lowest BCUT2D eigenvalue weighted by Gasteiger charge is -2.16. The van der Waals surface area contributed by atoms with E-state index in [4.69, 9.17) is 0 Å². The minimum absolute atomic E-state index is 0.262. The van der Waals surface area contributed by atoms with Crippen molar-refractivity contribution in [2.24, 2.45) is 11.0 Å². The van der Waals surface area contributed by atoms with E-state index in [9.17, 15) is 4.79 Å². The maximum Gasteiger partial charge on any atom is 0.289 e. The summed E-state index contributed by atoms with van der Waals surface area (Å²) in [6, 6.07) is 11.5. The molecular weight excluding hydrogens is 276 g/mol. The Kier molecular flexibility index (Phi) is 4.63. The van der Waals surface area contributed by atoms with Crippen LogP contribution in [-0.4, -0.2) is 22.3 Å². The van der Waals surface area contributed by atoms with E-state index < -0.39 is 0 Å². The highest BCUT2D eigenvalue weighted by atomic mass is 16.2. The summed E-state index contributed by atoms with van der Waals surface area (Å²) < 4.78 is 0. The maximum absolute atomic E-state index is 12.0. The third-order valence-electron chi connectivity index (χ3n) is 3.99. The van der Waals surface area contributed by atoms with Gasteiger partial charge in [0.05, 0.1) is 5.69 Å². The van der Waals surface area contributed by atoms with E-state index in [0.29, 0.717) is 11.6 Å². The van der Waals surface area contributed by atoms with Crippen molar-refractivity contribution in [1.82, 2.24) is 15.6 Å². The molecule has 0 spiro atoms. The molecule has 0 unspecified atom stereocenters. The number of carbonyl (C=O) groups excluding carboxylic acids is 1. The predicted octanol–water partition coefficient (Wildman–Crippen LogP) is 3.37. The van der Waals surface area contributed by atoms with Gasteiger partial charge in [0.1, 0.15) is 5.69 Å². The van der Waals surface area contributed by atoms with E-state index >= 15 is 0 Å². The Labute approximate surface area is 129 Å². The van der Waals surface area contributed by atoms with Crippen LogP contribution >= 0.6 is 0 Å². The minimum atomic E-state index is -0.262. The summed E-state index contributed by atoms with van der Waals surface area (Å²) in [5, 5.41) is 11.0. The predicted molar refractivity (Wildman–Crippen MR) is 86.6 cm³/mol.